The summed E-state index contributed by atoms with van der Waals surface area (Å²) in [5, 5.41) is 4.75. The summed E-state index contributed by atoms with van der Waals surface area (Å²) < 4.78 is 14.4. The van der Waals surface area contributed by atoms with Crippen molar-refractivity contribution in [3.8, 4) is 16.9 Å². The standard InChI is InChI=1S/C17H11ClFN3O2/c18-11-6-4-10(5-7-11)15-9-14(16(20)23)17(24)22(21-15)13-3-1-2-12(19)8-13/h1-9H,(H2,20,23). The molecule has 0 unspecified atom stereocenters. The predicted octanol–water partition coefficient (Wildman–Crippen LogP) is 2.79. The molecule has 1 aromatic heterocycles. The molecule has 24 heavy (non-hydrogen) atoms. The lowest BCUT2D eigenvalue weighted by Gasteiger charge is -2.10. The molecule has 0 aliphatic rings. The molecule has 120 valence electrons. The van der Waals surface area contributed by atoms with Crippen molar-refractivity contribution in [1.29, 1.82) is 0 Å². The maximum Gasteiger partial charge on any atom is 0.284 e. The Morgan fingerprint density at radius 2 is 1.83 bits per heavy atom. The van der Waals surface area contributed by atoms with Gasteiger partial charge in [0.1, 0.15) is 11.4 Å². The number of nitrogens with zero attached hydrogens (tertiary/aromatic N) is 2. The maximum atomic E-state index is 13.5. The predicted molar refractivity (Wildman–Crippen MR) is 88.8 cm³/mol. The normalized spacial score (nSPS) is 10.6. The number of primary amides is 1. The smallest absolute Gasteiger partial charge is 0.284 e. The fourth-order valence-corrected chi connectivity index (χ4v) is 2.34. The van der Waals surface area contributed by atoms with Crippen molar-refractivity contribution < 1.29 is 9.18 Å². The van der Waals surface area contributed by atoms with Crippen LogP contribution in [-0.2, 0) is 0 Å². The van der Waals surface area contributed by atoms with Crippen molar-refractivity contribution in [2.75, 3.05) is 0 Å². The van der Waals surface area contributed by atoms with Gasteiger partial charge >= 0.3 is 0 Å². The van der Waals surface area contributed by atoms with Crippen LogP contribution in [-0.4, -0.2) is 15.7 Å². The minimum absolute atomic E-state index is 0.193. The van der Waals surface area contributed by atoms with Gasteiger partial charge in [0, 0.05) is 10.6 Å². The molecule has 0 saturated carbocycles. The molecule has 5 nitrogen and oxygen atoms in total. The van der Waals surface area contributed by atoms with Gasteiger partial charge in [-0.2, -0.15) is 9.78 Å². The molecule has 0 radical (unpaired) electrons. The van der Waals surface area contributed by atoms with E-state index in [9.17, 15) is 14.0 Å². The molecule has 1 heterocycles. The second-order valence-corrected chi connectivity index (χ2v) is 5.45. The molecule has 0 bridgehead atoms. The van der Waals surface area contributed by atoms with Crippen molar-refractivity contribution in [2.45, 2.75) is 0 Å². The Hall–Kier alpha value is -2.99. The summed E-state index contributed by atoms with van der Waals surface area (Å²) in [6.07, 6.45) is 0. The molecule has 3 rings (SSSR count). The number of carbonyl (C=O) groups is 1. The number of aromatic nitrogens is 2. The van der Waals surface area contributed by atoms with E-state index in [1.807, 2.05) is 0 Å². The third kappa shape index (κ3) is 3.04. The molecule has 7 heteroatoms. The molecule has 0 aliphatic heterocycles. The highest BCUT2D eigenvalue weighted by atomic mass is 35.5. The van der Waals surface area contributed by atoms with Gasteiger partial charge in [-0.1, -0.05) is 29.8 Å². The molecule has 0 atom stereocenters. The first kappa shape index (κ1) is 15.9. The van der Waals surface area contributed by atoms with E-state index in [2.05, 4.69) is 5.10 Å². The van der Waals surface area contributed by atoms with Crippen LogP contribution in [0.5, 0.6) is 0 Å². The first-order valence-electron chi connectivity index (χ1n) is 6.92. The minimum Gasteiger partial charge on any atom is -0.365 e. The lowest BCUT2D eigenvalue weighted by atomic mass is 10.1. The van der Waals surface area contributed by atoms with Crippen molar-refractivity contribution in [1.82, 2.24) is 9.78 Å². The molecule has 0 aliphatic carbocycles. The van der Waals surface area contributed by atoms with Gasteiger partial charge in [0.15, 0.2) is 0 Å². The summed E-state index contributed by atoms with van der Waals surface area (Å²) >= 11 is 5.86. The number of carbonyl (C=O) groups excluding carboxylic acids is 1. The van der Waals surface area contributed by atoms with E-state index in [-0.39, 0.29) is 11.3 Å². The number of halogens is 2. The fourth-order valence-electron chi connectivity index (χ4n) is 2.22. The van der Waals surface area contributed by atoms with Gasteiger partial charge in [-0.25, -0.2) is 4.39 Å². The maximum absolute atomic E-state index is 13.5. The summed E-state index contributed by atoms with van der Waals surface area (Å²) in [5.74, 6) is -1.42. The van der Waals surface area contributed by atoms with Crippen LogP contribution >= 0.6 is 11.6 Å². The van der Waals surface area contributed by atoms with Crippen LogP contribution in [0.15, 0.2) is 59.4 Å². The fraction of sp³-hybridized carbons (Fsp3) is 0. The third-order valence-corrected chi connectivity index (χ3v) is 3.62. The average Bonchev–Trinajstić information content (AvgIpc) is 2.55. The summed E-state index contributed by atoms with van der Waals surface area (Å²) in [6, 6.07) is 13.3. The van der Waals surface area contributed by atoms with Crippen LogP contribution in [0, 0.1) is 5.82 Å². The highest BCUT2D eigenvalue weighted by Gasteiger charge is 2.15. The lowest BCUT2D eigenvalue weighted by molar-refractivity contribution is 0.0998. The zero-order valence-electron chi connectivity index (χ0n) is 12.2. The first-order valence-corrected chi connectivity index (χ1v) is 7.29. The van der Waals surface area contributed by atoms with Crippen molar-refractivity contribution in [3.63, 3.8) is 0 Å². The number of benzene rings is 2. The van der Waals surface area contributed by atoms with E-state index >= 15 is 0 Å². The van der Waals surface area contributed by atoms with Crippen molar-refractivity contribution >= 4 is 17.5 Å². The van der Waals surface area contributed by atoms with Crippen LogP contribution in [0.1, 0.15) is 10.4 Å². The number of hydrogen-bond acceptors (Lipinski definition) is 3. The van der Waals surface area contributed by atoms with Gasteiger partial charge in [-0.15, -0.1) is 0 Å². The van der Waals surface area contributed by atoms with E-state index < -0.39 is 17.3 Å². The van der Waals surface area contributed by atoms with Crippen LogP contribution in [0.25, 0.3) is 16.9 Å². The lowest BCUT2D eigenvalue weighted by Crippen LogP contribution is -2.30. The first-order chi connectivity index (χ1) is 11.5. The Bertz CT molecular complexity index is 984. The summed E-state index contributed by atoms with van der Waals surface area (Å²) in [7, 11) is 0. The molecular formula is C17H11ClFN3O2. The molecule has 0 spiro atoms. The van der Waals surface area contributed by atoms with E-state index in [1.165, 1.54) is 24.3 Å². The largest absolute Gasteiger partial charge is 0.365 e. The molecule has 3 aromatic rings. The number of hydrogen-bond donors (Lipinski definition) is 1. The summed E-state index contributed by atoms with van der Waals surface area (Å²) in [4.78, 5) is 24.0. The Balaban J connectivity index is 2.27. The molecule has 0 fully saturated rings. The molecule has 1 amide bonds. The van der Waals surface area contributed by atoms with Crippen LogP contribution in [0.3, 0.4) is 0 Å². The van der Waals surface area contributed by atoms with Crippen molar-refractivity contribution in [2.24, 2.45) is 5.73 Å². The summed E-state index contributed by atoms with van der Waals surface area (Å²) in [6.45, 7) is 0. The monoisotopic (exact) mass is 343 g/mol. The van der Waals surface area contributed by atoms with Gasteiger partial charge < -0.3 is 5.73 Å². The van der Waals surface area contributed by atoms with Crippen LogP contribution in [0.2, 0.25) is 5.02 Å². The van der Waals surface area contributed by atoms with Crippen LogP contribution < -0.4 is 11.3 Å². The number of rotatable bonds is 3. The van der Waals surface area contributed by atoms with Crippen LogP contribution in [0.4, 0.5) is 4.39 Å². The van der Waals surface area contributed by atoms with E-state index in [0.29, 0.717) is 16.3 Å². The quantitative estimate of drug-likeness (QED) is 0.794. The second kappa shape index (κ2) is 6.25. The average molecular weight is 344 g/mol. The van der Waals surface area contributed by atoms with E-state index in [0.717, 1.165) is 10.7 Å². The van der Waals surface area contributed by atoms with Gasteiger partial charge in [0.2, 0.25) is 0 Å². The highest BCUT2D eigenvalue weighted by Crippen LogP contribution is 2.20. The van der Waals surface area contributed by atoms with Gasteiger partial charge in [-0.05, 0) is 36.4 Å². The Morgan fingerprint density at radius 3 is 2.46 bits per heavy atom. The van der Waals surface area contributed by atoms with Gasteiger partial charge in [0.25, 0.3) is 11.5 Å². The molecule has 2 N–H and O–H groups in total. The summed E-state index contributed by atoms with van der Waals surface area (Å²) in [5.41, 5.74) is 5.50. The highest BCUT2D eigenvalue weighted by molar-refractivity contribution is 6.30. The van der Waals surface area contributed by atoms with E-state index in [1.54, 1.807) is 24.3 Å². The SMILES string of the molecule is NC(=O)c1cc(-c2ccc(Cl)cc2)nn(-c2cccc(F)c2)c1=O. The number of amides is 1. The number of nitrogens with two attached hydrogens (primary N) is 1. The van der Waals surface area contributed by atoms with E-state index in [4.69, 9.17) is 17.3 Å². The van der Waals surface area contributed by atoms with Crippen molar-refractivity contribution in [3.05, 3.63) is 81.4 Å². The third-order valence-electron chi connectivity index (χ3n) is 3.37. The topological polar surface area (TPSA) is 78.0 Å². The molecular weight excluding hydrogens is 333 g/mol. The second-order valence-electron chi connectivity index (χ2n) is 5.01. The minimum atomic E-state index is -0.886. The Morgan fingerprint density at radius 1 is 1.12 bits per heavy atom. The Kier molecular flexibility index (Phi) is 4.14. The zero-order valence-corrected chi connectivity index (χ0v) is 13.0. The molecule has 0 saturated heterocycles. The zero-order chi connectivity index (χ0) is 17.3. The molecule has 2 aromatic carbocycles. The van der Waals surface area contributed by atoms with Gasteiger partial charge in [0.05, 0.1) is 11.4 Å². The Labute approximate surface area is 141 Å². The van der Waals surface area contributed by atoms with Gasteiger partial charge in [-0.3, -0.25) is 9.59 Å².